The molecule has 2 heterocycles. The highest BCUT2D eigenvalue weighted by Crippen LogP contribution is 2.35. The molecule has 6 nitrogen and oxygen atoms in total. The lowest BCUT2D eigenvalue weighted by Crippen LogP contribution is -2.54. The number of carbonyl (C=O) groups is 1. The van der Waals surface area contributed by atoms with Crippen LogP contribution in [0.4, 0.5) is 10.7 Å². The van der Waals surface area contributed by atoms with Crippen molar-refractivity contribution >= 4 is 12.0 Å². The van der Waals surface area contributed by atoms with Crippen molar-refractivity contribution in [1.29, 1.82) is 0 Å². The first-order chi connectivity index (χ1) is 9.22. The lowest BCUT2D eigenvalue weighted by atomic mass is 9.76. The van der Waals surface area contributed by atoms with Gasteiger partial charge in [-0.1, -0.05) is 32.1 Å². The Balaban J connectivity index is 1.46. The predicted octanol–water partition coefficient (Wildman–Crippen LogP) is 1.86. The minimum atomic E-state index is -0.0711. The van der Waals surface area contributed by atoms with Gasteiger partial charge in [0, 0.05) is 20.1 Å². The number of aromatic nitrogens is 3. The number of hydrogen-bond acceptors (Lipinski definition) is 3. The summed E-state index contributed by atoms with van der Waals surface area (Å²) in [5.41, 5.74) is 0. The molecule has 2 aliphatic rings. The van der Waals surface area contributed by atoms with E-state index in [4.69, 9.17) is 0 Å². The lowest BCUT2D eigenvalue weighted by molar-refractivity contribution is 0.0744. The fourth-order valence-electron chi connectivity index (χ4n) is 3.15. The van der Waals surface area contributed by atoms with E-state index in [1.54, 1.807) is 18.1 Å². The van der Waals surface area contributed by atoms with E-state index in [2.05, 4.69) is 15.4 Å². The Morgan fingerprint density at radius 1 is 1.26 bits per heavy atom. The molecule has 6 heteroatoms. The third-order valence-electron chi connectivity index (χ3n) is 4.33. The van der Waals surface area contributed by atoms with Crippen LogP contribution in [0.25, 0.3) is 0 Å². The van der Waals surface area contributed by atoms with Gasteiger partial charge in [-0.05, 0) is 11.8 Å². The van der Waals surface area contributed by atoms with E-state index in [9.17, 15) is 4.79 Å². The van der Waals surface area contributed by atoms with Crippen molar-refractivity contribution in [3.05, 3.63) is 6.33 Å². The van der Waals surface area contributed by atoms with Gasteiger partial charge in [-0.2, -0.15) is 0 Å². The maximum atomic E-state index is 12.0. The van der Waals surface area contributed by atoms with E-state index in [0.29, 0.717) is 11.9 Å². The molecule has 2 fully saturated rings. The van der Waals surface area contributed by atoms with E-state index < -0.39 is 0 Å². The third-order valence-corrected chi connectivity index (χ3v) is 4.33. The van der Waals surface area contributed by atoms with Crippen LogP contribution in [0.5, 0.6) is 0 Å². The normalized spacial score (nSPS) is 21.2. The first-order valence-corrected chi connectivity index (χ1v) is 7.14. The van der Waals surface area contributed by atoms with Crippen LogP contribution in [0.3, 0.4) is 0 Å². The molecule has 1 N–H and O–H groups in total. The van der Waals surface area contributed by atoms with Gasteiger partial charge < -0.3 is 4.90 Å². The second-order valence-corrected chi connectivity index (χ2v) is 5.74. The summed E-state index contributed by atoms with van der Waals surface area (Å²) >= 11 is 0. The number of hydrogen-bond donors (Lipinski definition) is 1. The molecule has 1 aliphatic heterocycles. The summed E-state index contributed by atoms with van der Waals surface area (Å²) in [6, 6.07) is -0.0711. The quantitative estimate of drug-likeness (QED) is 0.885. The summed E-state index contributed by atoms with van der Waals surface area (Å²) in [4.78, 5) is 17.8. The maximum absolute atomic E-state index is 12.0. The molecule has 1 saturated heterocycles. The molecular weight excluding hydrogens is 242 g/mol. The maximum Gasteiger partial charge on any atom is 0.324 e. The summed E-state index contributed by atoms with van der Waals surface area (Å²) < 4.78 is 1.58. The van der Waals surface area contributed by atoms with Crippen LogP contribution < -0.4 is 5.32 Å². The molecule has 0 aromatic carbocycles. The highest BCUT2D eigenvalue weighted by atomic mass is 16.2. The number of nitrogens with zero attached hydrogens (tertiary/aromatic N) is 4. The molecule has 3 rings (SSSR count). The number of nitrogens with one attached hydrogen (secondary N) is 1. The number of carbonyl (C=O) groups excluding carboxylic acids is 1. The first-order valence-electron chi connectivity index (χ1n) is 7.14. The Bertz CT molecular complexity index is 446. The number of amides is 2. The molecule has 0 atom stereocenters. The van der Waals surface area contributed by atoms with Crippen LogP contribution in [0, 0.1) is 11.8 Å². The second-order valence-electron chi connectivity index (χ2n) is 5.74. The van der Waals surface area contributed by atoms with Crippen LogP contribution >= 0.6 is 0 Å². The first kappa shape index (κ1) is 12.4. The monoisotopic (exact) mass is 263 g/mol. The zero-order valence-electron chi connectivity index (χ0n) is 11.4. The number of urea groups is 1. The molecule has 0 bridgehead atoms. The molecule has 1 aromatic rings. The summed E-state index contributed by atoms with van der Waals surface area (Å²) in [5, 5.41) is 6.78. The Kier molecular flexibility index (Phi) is 3.40. The minimum absolute atomic E-state index is 0.0711. The van der Waals surface area contributed by atoms with E-state index in [0.717, 1.165) is 19.0 Å². The van der Waals surface area contributed by atoms with Crippen molar-refractivity contribution in [3.63, 3.8) is 0 Å². The third kappa shape index (κ3) is 2.72. The van der Waals surface area contributed by atoms with Crippen molar-refractivity contribution in [1.82, 2.24) is 19.7 Å². The van der Waals surface area contributed by atoms with Crippen molar-refractivity contribution in [2.75, 3.05) is 18.4 Å². The second kappa shape index (κ2) is 5.19. The standard InChI is InChI=1S/C13H21N5O/c1-17-9-14-12(16-17)15-13(19)18-7-11(8-18)10-5-3-2-4-6-10/h9-11H,2-8H2,1H3,(H,15,16,19). The molecule has 0 unspecified atom stereocenters. The number of aryl methyl sites for hydroxylation is 1. The average molecular weight is 263 g/mol. The van der Waals surface area contributed by atoms with Crippen LogP contribution in [0.1, 0.15) is 32.1 Å². The van der Waals surface area contributed by atoms with Crippen LogP contribution in [-0.4, -0.2) is 38.8 Å². The summed E-state index contributed by atoms with van der Waals surface area (Å²) in [6.45, 7) is 1.78. The number of rotatable bonds is 2. The average Bonchev–Trinajstić information content (AvgIpc) is 2.74. The van der Waals surface area contributed by atoms with Gasteiger partial charge in [0.05, 0.1) is 0 Å². The van der Waals surface area contributed by atoms with E-state index >= 15 is 0 Å². The molecule has 104 valence electrons. The van der Waals surface area contributed by atoms with E-state index in [-0.39, 0.29) is 6.03 Å². The molecule has 1 aromatic heterocycles. The van der Waals surface area contributed by atoms with Crippen LogP contribution in [-0.2, 0) is 7.05 Å². The highest BCUT2D eigenvalue weighted by Gasteiger charge is 2.36. The SMILES string of the molecule is Cn1cnc(NC(=O)N2CC(C3CCCCC3)C2)n1. The summed E-state index contributed by atoms with van der Waals surface area (Å²) in [6.07, 6.45) is 8.40. The number of anilines is 1. The van der Waals surface area contributed by atoms with Gasteiger partial charge in [-0.3, -0.25) is 10.00 Å². The minimum Gasteiger partial charge on any atom is -0.324 e. The van der Waals surface area contributed by atoms with Crippen LogP contribution in [0.15, 0.2) is 6.33 Å². The molecule has 1 aliphatic carbocycles. The summed E-state index contributed by atoms with van der Waals surface area (Å²) in [7, 11) is 1.78. The Hall–Kier alpha value is -1.59. The fraction of sp³-hybridized carbons (Fsp3) is 0.769. The largest absolute Gasteiger partial charge is 0.324 e. The molecule has 0 radical (unpaired) electrons. The van der Waals surface area contributed by atoms with Gasteiger partial charge in [-0.25, -0.2) is 9.78 Å². The zero-order chi connectivity index (χ0) is 13.2. The molecule has 1 saturated carbocycles. The molecule has 0 spiro atoms. The van der Waals surface area contributed by atoms with E-state index in [1.807, 2.05) is 4.90 Å². The van der Waals surface area contributed by atoms with E-state index in [1.165, 1.54) is 32.1 Å². The van der Waals surface area contributed by atoms with Crippen molar-refractivity contribution < 1.29 is 4.79 Å². The number of likely N-dealkylation sites (tertiary alicyclic amines) is 1. The summed E-state index contributed by atoms with van der Waals surface area (Å²) in [5.74, 6) is 1.93. The van der Waals surface area contributed by atoms with Crippen LogP contribution in [0.2, 0.25) is 0 Å². The smallest absolute Gasteiger partial charge is 0.324 e. The Morgan fingerprint density at radius 2 is 2.00 bits per heavy atom. The molecule has 2 amide bonds. The molecular formula is C13H21N5O. The Morgan fingerprint density at radius 3 is 2.63 bits per heavy atom. The van der Waals surface area contributed by atoms with Crippen molar-refractivity contribution in [3.8, 4) is 0 Å². The van der Waals surface area contributed by atoms with Gasteiger partial charge in [-0.15, -0.1) is 5.10 Å². The van der Waals surface area contributed by atoms with Crippen molar-refractivity contribution in [2.45, 2.75) is 32.1 Å². The zero-order valence-corrected chi connectivity index (χ0v) is 11.4. The van der Waals surface area contributed by atoms with Gasteiger partial charge in [0.15, 0.2) is 0 Å². The van der Waals surface area contributed by atoms with Crippen molar-refractivity contribution in [2.24, 2.45) is 18.9 Å². The van der Waals surface area contributed by atoms with Gasteiger partial charge in [0.25, 0.3) is 0 Å². The fourth-order valence-corrected chi connectivity index (χ4v) is 3.15. The lowest BCUT2D eigenvalue weighted by Gasteiger charge is -2.44. The molecule has 19 heavy (non-hydrogen) atoms. The van der Waals surface area contributed by atoms with Gasteiger partial charge in [0.1, 0.15) is 6.33 Å². The van der Waals surface area contributed by atoms with Gasteiger partial charge >= 0.3 is 6.03 Å². The topological polar surface area (TPSA) is 63.1 Å². The Labute approximate surface area is 113 Å². The van der Waals surface area contributed by atoms with Gasteiger partial charge in [0.2, 0.25) is 5.95 Å². The highest BCUT2D eigenvalue weighted by molar-refractivity contribution is 5.87. The predicted molar refractivity (Wildman–Crippen MR) is 71.7 cm³/mol.